The SMILES string of the molecule is CC(C)NCCCCS(=O)(=O)NC(C)CN1CCCC1. The highest BCUT2D eigenvalue weighted by atomic mass is 32.2. The average Bonchev–Trinajstić information content (AvgIpc) is 2.79. The molecule has 0 aliphatic carbocycles. The Morgan fingerprint density at radius 3 is 2.35 bits per heavy atom. The lowest BCUT2D eigenvalue weighted by Crippen LogP contribution is -2.42. The molecule has 1 rings (SSSR count). The van der Waals surface area contributed by atoms with E-state index < -0.39 is 10.0 Å². The lowest BCUT2D eigenvalue weighted by Gasteiger charge is -2.21. The summed E-state index contributed by atoms with van der Waals surface area (Å²) in [5, 5.41) is 3.30. The summed E-state index contributed by atoms with van der Waals surface area (Å²) >= 11 is 0. The maximum atomic E-state index is 12.0. The number of unbranched alkanes of at least 4 members (excludes halogenated alkanes) is 1. The third kappa shape index (κ3) is 8.19. The monoisotopic (exact) mass is 305 g/mol. The summed E-state index contributed by atoms with van der Waals surface area (Å²) in [7, 11) is -3.13. The van der Waals surface area contributed by atoms with Gasteiger partial charge in [-0.05, 0) is 52.2 Å². The fourth-order valence-corrected chi connectivity index (χ4v) is 3.95. The van der Waals surface area contributed by atoms with Crippen LogP contribution in [0.1, 0.15) is 46.5 Å². The summed E-state index contributed by atoms with van der Waals surface area (Å²) in [6.45, 7) is 10.1. The van der Waals surface area contributed by atoms with Gasteiger partial charge in [-0.1, -0.05) is 13.8 Å². The van der Waals surface area contributed by atoms with Crippen molar-refractivity contribution < 1.29 is 8.42 Å². The molecule has 0 aromatic heterocycles. The lowest BCUT2D eigenvalue weighted by molar-refractivity contribution is 0.312. The van der Waals surface area contributed by atoms with Crippen LogP contribution < -0.4 is 10.0 Å². The van der Waals surface area contributed by atoms with Crippen LogP contribution in [0.4, 0.5) is 0 Å². The number of likely N-dealkylation sites (tertiary alicyclic amines) is 1. The molecule has 0 aromatic rings. The van der Waals surface area contributed by atoms with Crippen molar-refractivity contribution in [3.05, 3.63) is 0 Å². The predicted octanol–water partition coefficient (Wildman–Crippen LogP) is 1.17. The largest absolute Gasteiger partial charge is 0.315 e. The van der Waals surface area contributed by atoms with E-state index in [4.69, 9.17) is 0 Å². The Morgan fingerprint density at radius 2 is 1.75 bits per heavy atom. The van der Waals surface area contributed by atoms with Gasteiger partial charge < -0.3 is 10.2 Å². The fraction of sp³-hybridized carbons (Fsp3) is 1.00. The number of rotatable bonds is 10. The van der Waals surface area contributed by atoms with Gasteiger partial charge in [0.25, 0.3) is 0 Å². The molecule has 1 aliphatic heterocycles. The van der Waals surface area contributed by atoms with Crippen LogP contribution in [0.2, 0.25) is 0 Å². The molecular formula is C14H31N3O2S. The molecule has 0 aromatic carbocycles. The second-order valence-electron chi connectivity index (χ2n) is 6.16. The summed E-state index contributed by atoms with van der Waals surface area (Å²) in [5.74, 6) is 0.233. The normalized spacial score (nSPS) is 18.8. The van der Waals surface area contributed by atoms with E-state index in [0.717, 1.165) is 32.6 Å². The Labute approximate surface area is 124 Å². The minimum Gasteiger partial charge on any atom is -0.315 e. The third-order valence-electron chi connectivity index (χ3n) is 3.50. The number of hydrogen-bond donors (Lipinski definition) is 2. The minimum atomic E-state index is -3.13. The van der Waals surface area contributed by atoms with E-state index >= 15 is 0 Å². The van der Waals surface area contributed by atoms with Crippen LogP contribution in [0.5, 0.6) is 0 Å². The zero-order chi connectivity index (χ0) is 15.0. The van der Waals surface area contributed by atoms with Crippen LogP contribution in [0, 0.1) is 0 Å². The van der Waals surface area contributed by atoms with Crippen LogP contribution in [-0.4, -0.2) is 57.3 Å². The standard InChI is InChI=1S/C14H31N3O2S/c1-13(2)15-8-4-7-11-20(18,19)16-14(3)12-17-9-5-6-10-17/h13-16H,4-12H2,1-3H3. The van der Waals surface area contributed by atoms with E-state index in [-0.39, 0.29) is 11.8 Å². The number of hydrogen-bond acceptors (Lipinski definition) is 4. The number of nitrogens with zero attached hydrogens (tertiary/aromatic N) is 1. The second-order valence-corrected chi connectivity index (χ2v) is 8.03. The van der Waals surface area contributed by atoms with E-state index in [1.807, 2.05) is 6.92 Å². The van der Waals surface area contributed by atoms with Gasteiger partial charge in [0, 0.05) is 18.6 Å². The summed E-state index contributed by atoms with van der Waals surface area (Å²) in [5.41, 5.74) is 0. The highest BCUT2D eigenvalue weighted by molar-refractivity contribution is 7.89. The predicted molar refractivity (Wildman–Crippen MR) is 84.4 cm³/mol. The maximum absolute atomic E-state index is 12.0. The Kier molecular flexibility index (Phi) is 8.02. The zero-order valence-corrected chi connectivity index (χ0v) is 14.0. The lowest BCUT2D eigenvalue weighted by atomic mass is 10.3. The number of nitrogens with one attached hydrogen (secondary N) is 2. The smallest absolute Gasteiger partial charge is 0.211 e. The summed E-state index contributed by atoms with van der Waals surface area (Å²) in [6, 6.07) is 0.470. The molecule has 0 bridgehead atoms. The molecule has 1 saturated heterocycles. The van der Waals surface area contributed by atoms with Gasteiger partial charge in [0.05, 0.1) is 5.75 Å². The summed E-state index contributed by atoms with van der Waals surface area (Å²) in [6.07, 6.45) is 4.09. The molecule has 1 unspecified atom stereocenters. The van der Waals surface area contributed by atoms with Crippen LogP contribution in [0.3, 0.4) is 0 Å². The van der Waals surface area contributed by atoms with E-state index in [9.17, 15) is 8.42 Å². The summed E-state index contributed by atoms with van der Waals surface area (Å²) < 4.78 is 26.7. The van der Waals surface area contributed by atoms with Crippen molar-refractivity contribution >= 4 is 10.0 Å². The molecule has 1 aliphatic rings. The molecule has 0 radical (unpaired) electrons. The first-order chi connectivity index (χ1) is 9.39. The fourth-order valence-electron chi connectivity index (χ4n) is 2.56. The van der Waals surface area contributed by atoms with Crippen molar-refractivity contribution in [2.75, 3.05) is 31.9 Å². The molecule has 1 atom stereocenters. The van der Waals surface area contributed by atoms with Gasteiger partial charge in [-0.25, -0.2) is 13.1 Å². The van der Waals surface area contributed by atoms with Gasteiger partial charge in [-0.3, -0.25) is 0 Å². The molecule has 20 heavy (non-hydrogen) atoms. The highest BCUT2D eigenvalue weighted by Crippen LogP contribution is 2.08. The Morgan fingerprint density at radius 1 is 1.10 bits per heavy atom. The Hall–Kier alpha value is -0.170. The van der Waals surface area contributed by atoms with Crippen LogP contribution >= 0.6 is 0 Å². The van der Waals surface area contributed by atoms with Gasteiger partial charge >= 0.3 is 0 Å². The van der Waals surface area contributed by atoms with E-state index in [2.05, 4.69) is 28.8 Å². The first kappa shape index (κ1) is 17.9. The van der Waals surface area contributed by atoms with Crippen molar-refractivity contribution in [2.24, 2.45) is 0 Å². The van der Waals surface area contributed by atoms with Crippen LogP contribution in [-0.2, 0) is 10.0 Å². The number of sulfonamides is 1. The molecule has 6 heteroatoms. The second kappa shape index (κ2) is 8.97. The minimum absolute atomic E-state index is 0.00638. The first-order valence-corrected chi connectivity index (χ1v) is 9.50. The van der Waals surface area contributed by atoms with Crippen molar-refractivity contribution in [1.29, 1.82) is 0 Å². The average molecular weight is 305 g/mol. The highest BCUT2D eigenvalue weighted by Gasteiger charge is 2.18. The Balaban J connectivity index is 2.16. The molecule has 2 N–H and O–H groups in total. The summed E-state index contributed by atoms with van der Waals surface area (Å²) in [4.78, 5) is 2.33. The van der Waals surface area contributed by atoms with Gasteiger partial charge in [-0.2, -0.15) is 0 Å². The molecule has 120 valence electrons. The van der Waals surface area contributed by atoms with Gasteiger partial charge in [0.2, 0.25) is 10.0 Å². The molecule has 0 saturated carbocycles. The quantitative estimate of drug-likeness (QED) is 0.595. The molecular weight excluding hydrogens is 274 g/mol. The van der Waals surface area contributed by atoms with E-state index in [1.165, 1.54) is 12.8 Å². The molecule has 5 nitrogen and oxygen atoms in total. The topological polar surface area (TPSA) is 61.4 Å². The van der Waals surface area contributed by atoms with Gasteiger partial charge in [-0.15, -0.1) is 0 Å². The van der Waals surface area contributed by atoms with E-state index in [0.29, 0.717) is 12.5 Å². The van der Waals surface area contributed by atoms with Crippen LogP contribution in [0.15, 0.2) is 0 Å². The molecule has 1 heterocycles. The molecule has 0 amide bonds. The Bertz CT molecular complexity index is 351. The zero-order valence-electron chi connectivity index (χ0n) is 13.2. The van der Waals surface area contributed by atoms with Crippen molar-refractivity contribution in [2.45, 2.75) is 58.5 Å². The van der Waals surface area contributed by atoms with E-state index in [1.54, 1.807) is 0 Å². The van der Waals surface area contributed by atoms with Crippen molar-refractivity contribution in [1.82, 2.24) is 14.9 Å². The van der Waals surface area contributed by atoms with Crippen LogP contribution in [0.25, 0.3) is 0 Å². The molecule has 0 spiro atoms. The van der Waals surface area contributed by atoms with Gasteiger partial charge in [0.15, 0.2) is 0 Å². The third-order valence-corrected chi connectivity index (χ3v) is 5.09. The van der Waals surface area contributed by atoms with Gasteiger partial charge in [0.1, 0.15) is 0 Å². The van der Waals surface area contributed by atoms with Crippen molar-refractivity contribution in [3.63, 3.8) is 0 Å². The van der Waals surface area contributed by atoms with Crippen molar-refractivity contribution in [3.8, 4) is 0 Å². The molecule has 1 fully saturated rings. The first-order valence-electron chi connectivity index (χ1n) is 7.85. The maximum Gasteiger partial charge on any atom is 0.211 e.